The molecule has 2 aliphatic heterocycles. The number of hydrogen-bond donors (Lipinski definition) is 3. The van der Waals surface area contributed by atoms with Gasteiger partial charge in [-0.15, -0.1) is 0 Å². The summed E-state index contributed by atoms with van der Waals surface area (Å²) in [7, 11) is 0. The number of hydrazone groups is 1. The fraction of sp³-hybridized carbons (Fsp3) is 0.440. The minimum atomic E-state index is -0.177. The van der Waals surface area contributed by atoms with Crippen LogP contribution >= 0.6 is 0 Å². The van der Waals surface area contributed by atoms with E-state index in [2.05, 4.69) is 59.2 Å². The Morgan fingerprint density at radius 3 is 2.91 bits per heavy atom. The maximum atomic E-state index is 13.6. The molecule has 178 valence electrons. The average Bonchev–Trinajstić information content (AvgIpc) is 2.88. The van der Waals surface area contributed by atoms with Gasteiger partial charge in [0.25, 0.3) is 0 Å². The largest absolute Gasteiger partial charge is 0.387 e. The number of halogens is 1. The average molecular weight is 463 g/mol. The van der Waals surface area contributed by atoms with E-state index >= 15 is 0 Å². The highest BCUT2D eigenvalue weighted by Gasteiger charge is 2.19. The molecule has 0 saturated carbocycles. The van der Waals surface area contributed by atoms with Gasteiger partial charge in [-0.05, 0) is 79.7 Å². The Morgan fingerprint density at radius 1 is 1.15 bits per heavy atom. The van der Waals surface area contributed by atoms with Crippen molar-refractivity contribution in [1.82, 2.24) is 20.3 Å². The Hall–Kier alpha value is -3.49. The predicted octanol–water partition coefficient (Wildman–Crippen LogP) is 4.23. The summed E-state index contributed by atoms with van der Waals surface area (Å²) in [4.78, 5) is 16.0. The molecule has 8 nitrogen and oxygen atoms in total. The van der Waals surface area contributed by atoms with E-state index in [9.17, 15) is 4.39 Å². The van der Waals surface area contributed by atoms with E-state index in [1.54, 1.807) is 12.2 Å². The van der Waals surface area contributed by atoms with Gasteiger partial charge in [0.05, 0.1) is 0 Å². The zero-order chi connectivity index (χ0) is 23.2. The summed E-state index contributed by atoms with van der Waals surface area (Å²) >= 11 is 0. The normalized spacial score (nSPS) is 22.3. The molecule has 1 aromatic heterocycles. The SMILES string of the molecule is FC1=CCCC(CNc2nc(N/N=C/C3CC=CC4=C3C=CNC4)nc(N3CCCCC3)n2)=C1. The molecule has 0 radical (unpaired) electrons. The zero-order valence-electron chi connectivity index (χ0n) is 19.3. The third-order valence-electron chi connectivity index (χ3n) is 6.45. The quantitative estimate of drug-likeness (QED) is 0.413. The van der Waals surface area contributed by atoms with Gasteiger partial charge >= 0.3 is 0 Å². The summed E-state index contributed by atoms with van der Waals surface area (Å²) in [6, 6.07) is 0. The van der Waals surface area contributed by atoms with Gasteiger partial charge in [0, 0.05) is 38.3 Å². The molecule has 3 N–H and O–H groups in total. The molecule has 0 aromatic carbocycles. The van der Waals surface area contributed by atoms with E-state index in [1.165, 1.54) is 17.6 Å². The molecular formula is C25H31FN8. The van der Waals surface area contributed by atoms with Crippen molar-refractivity contribution in [2.75, 3.05) is 41.8 Å². The van der Waals surface area contributed by atoms with Crippen LogP contribution in [0, 0.1) is 5.92 Å². The fourth-order valence-electron chi connectivity index (χ4n) is 4.64. The first-order valence-corrected chi connectivity index (χ1v) is 12.1. The molecule has 1 aromatic rings. The lowest BCUT2D eigenvalue weighted by Gasteiger charge is -2.27. The van der Waals surface area contributed by atoms with Crippen molar-refractivity contribution in [2.24, 2.45) is 11.0 Å². The van der Waals surface area contributed by atoms with E-state index in [-0.39, 0.29) is 11.7 Å². The van der Waals surface area contributed by atoms with Crippen LogP contribution in [0.1, 0.15) is 38.5 Å². The van der Waals surface area contributed by atoms with Crippen molar-refractivity contribution in [3.05, 3.63) is 59.1 Å². The van der Waals surface area contributed by atoms with Crippen LogP contribution in [0.3, 0.4) is 0 Å². The highest BCUT2D eigenvalue weighted by molar-refractivity contribution is 5.70. The second kappa shape index (κ2) is 10.6. The number of aromatic nitrogens is 3. The molecule has 0 amide bonds. The summed E-state index contributed by atoms with van der Waals surface area (Å²) in [6.07, 6.45) is 19.6. The minimum absolute atomic E-state index is 0.177. The summed E-state index contributed by atoms with van der Waals surface area (Å²) in [6.45, 7) is 3.20. The lowest BCUT2D eigenvalue weighted by Crippen LogP contribution is -2.31. The van der Waals surface area contributed by atoms with Crippen molar-refractivity contribution in [1.29, 1.82) is 0 Å². The van der Waals surface area contributed by atoms with E-state index in [0.717, 1.165) is 57.3 Å². The van der Waals surface area contributed by atoms with Crippen LogP contribution in [-0.2, 0) is 0 Å². The van der Waals surface area contributed by atoms with Crippen molar-refractivity contribution in [3.8, 4) is 0 Å². The molecule has 1 saturated heterocycles. The molecule has 4 aliphatic rings. The van der Waals surface area contributed by atoms with Crippen LogP contribution in [-0.4, -0.2) is 47.3 Å². The zero-order valence-corrected chi connectivity index (χ0v) is 19.3. The number of rotatable bonds is 7. The van der Waals surface area contributed by atoms with Crippen molar-refractivity contribution >= 4 is 24.1 Å². The summed E-state index contributed by atoms with van der Waals surface area (Å²) in [5.74, 6) is 1.55. The van der Waals surface area contributed by atoms with E-state index in [0.29, 0.717) is 24.4 Å². The Bertz CT molecular complexity index is 1080. The number of piperidine rings is 1. The van der Waals surface area contributed by atoms with Gasteiger partial charge < -0.3 is 15.5 Å². The van der Waals surface area contributed by atoms with Gasteiger partial charge in [-0.1, -0.05) is 12.2 Å². The number of allylic oxidation sites excluding steroid dienone is 6. The predicted molar refractivity (Wildman–Crippen MR) is 134 cm³/mol. The lowest BCUT2D eigenvalue weighted by molar-refractivity contribution is 0.568. The molecule has 34 heavy (non-hydrogen) atoms. The molecule has 1 fully saturated rings. The molecule has 3 heterocycles. The van der Waals surface area contributed by atoms with Crippen LogP contribution in [0.4, 0.5) is 22.2 Å². The maximum absolute atomic E-state index is 13.6. The van der Waals surface area contributed by atoms with Crippen LogP contribution in [0.25, 0.3) is 0 Å². The van der Waals surface area contributed by atoms with Crippen molar-refractivity contribution in [3.63, 3.8) is 0 Å². The molecule has 5 rings (SSSR count). The second-order valence-corrected chi connectivity index (χ2v) is 8.94. The van der Waals surface area contributed by atoms with Crippen LogP contribution in [0.15, 0.2) is 64.2 Å². The fourth-order valence-corrected chi connectivity index (χ4v) is 4.64. The lowest BCUT2D eigenvalue weighted by atomic mass is 9.86. The van der Waals surface area contributed by atoms with Gasteiger partial charge in [-0.3, -0.25) is 0 Å². The summed E-state index contributed by atoms with van der Waals surface area (Å²) in [5.41, 5.74) is 6.61. The highest BCUT2D eigenvalue weighted by atomic mass is 19.1. The first-order chi connectivity index (χ1) is 16.7. The standard InChI is InChI=1S/C25H31FN8/c26-21-9-4-6-18(14-21)15-28-23-30-24(32-25(31-23)34-12-2-1-3-13-34)33-29-17-20-8-5-7-19-16-27-11-10-22(19)20/h5,7,9-11,14,17,20,27H,1-4,6,8,12-13,15-16H2,(H2,28,30,31,32,33)/b29-17+. The minimum Gasteiger partial charge on any atom is -0.387 e. The number of nitrogens with zero attached hydrogens (tertiary/aromatic N) is 5. The van der Waals surface area contributed by atoms with Gasteiger partial charge in [0.1, 0.15) is 5.83 Å². The third kappa shape index (κ3) is 5.52. The molecule has 0 bridgehead atoms. The van der Waals surface area contributed by atoms with Gasteiger partial charge in [0.2, 0.25) is 17.8 Å². The Kier molecular flexibility index (Phi) is 6.97. The van der Waals surface area contributed by atoms with E-state index < -0.39 is 0 Å². The second-order valence-electron chi connectivity index (χ2n) is 8.94. The van der Waals surface area contributed by atoms with Crippen molar-refractivity contribution in [2.45, 2.75) is 38.5 Å². The third-order valence-corrected chi connectivity index (χ3v) is 6.45. The highest BCUT2D eigenvalue weighted by Crippen LogP contribution is 2.27. The number of nitrogens with one attached hydrogen (secondary N) is 3. The Morgan fingerprint density at radius 2 is 2.03 bits per heavy atom. The van der Waals surface area contributed by atoms with Crippen molar-refractivity contribution < 1.29 is 4.39 Å². The van der Waals surface area contributed by atoms with E-state index in [1.807, 2.05) is 12.4 Å². The maximum Gasteiger partial charge on any atom is 0.250 e. The van der Waals surface area contributed by atoms with Crippen LogP contribution in [0.5, 0.6) is 0 Å². The molecule has 2 aliphatic carbocycles. The van der Waals surface area contributed by atoms with Crippen LogP contribution in [0.2, 0.25) is 0 Å². The number of hydrogen-bond acceptors (Lipinski definition) is 8. The van der Waals surface area contributed by atoms with E-state index in [4.69, 9.17) is 0 Å². The molecular weight excluding hydrogens is 431 g/mol. The summed E-state index contributed by atoms with van der Waals surface area (Å²) < 4.78 is 13.6. The summed E-state index contributed by atoms with van der Waals surface area (Å²) in [5, 5.41) is 11.0. The van der Waals surface area contributed by atoms with Crippen LogP contribution < -0.4 is 21.0 Å². The first-order valence-electron chi connectivity index (χ1n) is 12.1. The monoisotopic (exact) mass is 462 g/mol. The topological polar surface area (TPSA) is 90.4 Å². The van der Waals surface area contributed by atoms with Gasteiger partial charge in [-0.25, -0.2) is 9.82 Å². The number of dihydropyridines is 1. The molecule has 1 atom stereocenters. The van der Waals surface area contributed by atoms with Gasteiger partial charge in [0.15, 0.2) is 0 Å². The molecule has 0 spiro atoms. The number of anilines is 3. The molecule has 1 unspecified atom stereocenters. The Balaban J connectivity index is 1.31. The Labute approximate surface area is 199 Å². The van der Waals surface area contributed by atoms with Gasteiger partial charge in [-0.2, -0.15) is 20.1 Å². The smallest absolute Gasteiger partial charge is 0.250 e. The first kappa shape index (κ1) is 22.3. The molecule has 9 heteroatoms.